The Hall–Kier alpha value is -3.28. The number of carbonyl (C=O) groups excluding carboxylic acids is 3. The maximum atomic E-state index is 13.5. The van der Waals surface area contributed by atoms with Crippen LogP contribution in [0.25, 0.3) is 0 Å². The Labute approximate surface area is 463 Å². The van der Waals surface area contributed by atoms with E-state index in [0.717, 1.165) is 20.8 Å². The van der Waals surface area contributed by atoms with Gasteiger partial charge in [-0.1, -0.05) is 0 Å². The van der Waals surface area contributed by atoms with Crippen LogP contribution in [0.3, 0.4) is 0 Å². The molecule has 6 rings (SSSR count). The maximum Gasteiger partial charge on any atom is 0.364 e. The SMILES string of the molecule is CC(=O)N[C@H]1[C@H](O[C@@H]2[C@H](O)[C@@H](O)[C@H](O[C@H]3[C@@H](O)[C@@H](CO)O[C@@H](O[C@@H]4[C@H](O[C@]5(C(=O)O)C[C@H](O)[C@@H](NC(C)=O)[C@H]([C@H](O)[C@H](O)CO)O5)[C@@H](O)[C@H](O[C@H]5[C@H](O)[C@@H](O)[C@H](O)O[C@@H]5CO)O[C@@H]4CO)[C@@H]3NC(C)=O)O[C@@H]2CO)O[C@H](CO)[C@H](O)[C@@H]1O. The lowest BCUT2D eigenvalue weighted by Gasteiger charge is -2.53. The van der Waals surface area contributed by atoms with Gasteiger partial charge in [0.2, 0.25) is 17.7 Å². The van der Waals surface area contributed by atoms with E-state index in [2.05, 4.69) is 16.0 Å². The number of hydrogen-bond donors (Lipinski definition) is 22. The molecule has 0 aromatic rings. The molecule has 6 aliphatic rings. The highest BCUT2D eigenvalue weighted by Crippen LogP contribution is 2.41. The molecule has 0 aromatic carbocycles. The lowest BCUT2D eigenvalue weighted by Crippen LogP contribution is -2.72. The molecule has 0 aromatic heterocycles. The second-order valence-electron chi connectivity index (χ2n) is 20.4. The second-order valence-corrected chi connectivity index (χ2v) is 20.4. The first-order chi connectivity index (χ1) is 38.6. The molecule has 3 amide bonds. The summed E-state index contributed by atoms with van der Waals surface area (Å²) in [4.78, 5) is 51.0. The van der Waals surface area contributed by atoms with Gasteiger partial charge in [-0.25, -0.2) is 4.79 Å². The van der Waals surface area contributed by atoms with Crippen molar-refractivity contribution in [1.82, 2.24) is 16.0 Å². The highest BCUT2D eigenvalue weighted by molar-refractivity contribution is 5.77. The first-order valence-electron chi connectivity index (χ1n) is 25.7. The molecule has 0 radical (unpaired) electrons. The summed E-state index contributed by atoms with van der Waals surface area (Å²) in [6.45, 7) is -3.75. The zero-order chi connectivity index (χ0) is 61.0. The summed E-state index contributed by atoms with van der Waals surface area (Å²) in [5.74, 6) is -8.20. The molecule has 6 aliphatic heterocycles. The van der Waals surface area contributed by atoms with Crippen LogP contribution in [-0.2, 0) is 71.3 Å². The molecule has 37 nitrogen and oxygen atoms in total. The molecule has 6 heterocycles. The van der Waals surface area contributed by atoms with Crippen molar-refractivity contribution in [1.29, 1.82) is 0 Å². The number of aliphatic hydroxyl groups excluding tert-OH is 18. The lowest BCUT2D eigenvalue weighted by molar-refractivity contribution is -0.403. The van der Waals surface area contributed by atoms with Gasteiger partial charge < -0.3 is 165 Å². The first kappa shape index (κ1) is 67.8. The van der Waals surface area contributed by atoms with Gasteiger partial charge in [0.15, 0.2) is 31.5 Å². The number of rotatable bonds is 22. The number of amides is 3. The van der Waals surface area contributed by atoms with Crippen molar-refractivity contribution < 1.29 is 168 Å². The van der Waals surface area contributed by atoms with Gasteiger partial charge in [-0.05, 0) is 0 Å². The van der Waals surface area contributed by atoms with Crippen LogP contribution in [0.1, 0.15) is 27.2 Å². The first-order valence-corrected chi connectivity index (χ1v) is 25.7. The Morgan fingerprint density at radius 3 is 1.43 bits per heavy atom. The van der Waals surface area contributed by atoms with Gasteiger partial charge >= 0.3 is 5.97 Å². The van der Waals surface area contributed by atoms with Gasteiger partial charge in [-0.15, -0.1) is 0 Å². The van der Waals surface area contributed by atoms with E-state index in [1.165, 1.54) is 0 Å². The number of aliphatic hydroxyl groups is 18. The molecular weight excluding hydrogens is 1130 g/mol. The van der Waals surface area contributed by atoms with Crippen molar-refractivity contribution in [2.45, 2.75) is 217 Å². The van der Waals surface area contributed by atoms with E-state index in [9.17, 15) is 116 Å². The van der Waals surface area contributed by atoms with Crippen molar-refractivity contribution in [2.75, 3.05) is 39.6 Å². The van der Waals surface area contributed by atoms with Crippen molar-refractivity contribution in [2.24, 2.45) is 0 Å². The third-order valence-electron chi connectivity index (χ3n) is 14.6. The van der Waals surface area contributed by atoms with Crippen LogP contribution >= 0.6 is 0 Å². The number of carbonyl (C=O) groups is 4. The molecular formula is C45H75N3O34. The largest absolute Gasteiger partial charge is 0.477 e. The van der Waals surface area contributed by atoms with E-state index in [1.54, 1.807) is 0 Å². The number of carboxylic acid groups (broad SMARTS) is 1. The van der Waals surface area contributed by atoms with Crippen molar-refractivity contribution in [3.63, 3.8) is 0 Å². The molecule has 0 bridgehead atoms. The van der Waals surface area contributed by atoms with Gasteiger partial charge in [-0.3, -0.25) is 14.4 Å². The van der Waals surface area contributed by atoms with Crippen molar-refractivity contribution in [3.8, 4) is 0 Å². The fourth-order valence-electron chi connectivity index (χ4n) is 10.4. The van der Waals surface area contributed by atoms with Crippen LogP contribution in [-0.4, -0.2) is 350 Å². The third kappa shape index (κ3) is 14.6. The minimum Gasteiger partial charge on any atom is -0.477 e. The summed E-state index contributed by atoms with van der Waals surface area (Å²) < 4.78 is 63.9. The number of carboxylic acids is 1. The molecule has 0 spiro atoms. The third-order valence-corrected chi connectivity index (χ3v) is 14.6. The van der Waals surface area contributed by atoms with Crippen LogP contribution in [0.2, 0.25) is 0 Å². The molecule has 6 fully saturated rings. The minimum atomic E-state index is -3.39. The van der Waals surface area contributed by atoms with Crippen LogP contribution < -0.4 is 16.0 Å². The van der Waals surface area contributed by atoms with Crippen molar-refractivity contribution in [3.05, 3.63) is 0 Å². The van der Waals surface area contributed by atoms with E-state index in [-0.39, 0.29) is 0 Å². The second kappa shape index (κ2) is 28.9. The quantitative estimate of drug-likeness (QED) is 0.0479. The zero-order valence-electron chi connectivity index (χ0n) is 43.9. The number of ether oxygens (including phenoxy) is 11. The minimum absolute atomic E-state index is 0.770. The summed E-state index contributed by atoms with van der Waals surface area (Å²) in [7, 11) is 0. The van der Waals surface area contributed by atoms with E-state index in [1.807, 2.05) is 0 Å². The summed E-state index contributed by atoms with van der Waals surface area (Å²) in [5, 5.41) is 212. The van der Waals surface area contributed by atoms with E-state index in [0.29, 0.717) is 0 Å². The summed E-state index contributed by atoms with van der Waals surface area (Å²) in [6.07, 6.45) is -57.6. The van der Waals surface area contributed by atoms with Gasteiger partial charge in [-0.2, -0.15) is 0 Å². The number of nitrogens with one attached hydrogen (secondary N) is 3. The molecule has 0 aliphatic carbocycles. The van der Waals surface area contributed by atoms with Crippen LogP contribution in [0, 0.1) is 0 Å². The Morgan fingerprint density at radius 1 is 0.476 bits per heavy atom. The summed E-state index contributed by atoms with van der Waals surface area (Å²) in [5.41, 5.74) is 0. The van der Waals surface area contributed by atoms with Crippen molar-refractivity contribution >= 4 is 23.7 Å². The van der Waals surface area contributed by atoms with E-state index in [4.69, 9.17) is 52.1 Å². The molecule has 37 heteroatoms. The average Bonchev–Trinajstić information content (AvgIpc) is 3.44. The standard InChI is InChI=1S/C45H75N3O34/c1-11(55)46-21-14(58)4-45(44(70)71,81-37(21)24(60)15(59)5-49)82-38-32(68)43(78-33-18(8-52)72-39(69)30(66)28(33)64)76-20(10-54)35(38)79-41-23(48-13(3)57)36(26(62)17(7-51)74-41)80-42-31(67)29(65)34(19(9-53)75-42)77-40-22(47-12(2)56)27(63)25(61)16(6-50)73-40/h14-43,49-54,58-69H,4-10H2,1-3H3,(H,46,55)(H,47,56)(H,48,57)(H,70,71)/t14-,15+,16+,17+,18+,19+,20+,21+,22+,23+,24+,25-,26-,27+,28+,29+,30+,31+,32+,33+,34-,35-,36+,37+,38+,39+,40-,41-,42-,43-,45-/m0/s1. The molecule has 31 atom stereocenters. The fourth-order valence-corrected chi connectivity index (χ4v) is 10.4. The van der Waals surface area contributed by atoms with E-state index < -0.39 is 259 Å². The molecule has 6 saturated heterocycles. The highest BCUT2D eigenvalue weighted by Gasteiger charge is 2.62. The monoisotopic (exact) mass is 1200 g/mol. The van der Waals surface area contributed by atoms with Crippen LogP contribution in [0.4, 0.5) is 0 Å². The smallest absolute Gasteiger partial charge is 0.364 e. The summed E-state index contributed by atoms with van der Waals surface area (Å²) >= 11 is 0. The molecule has 474 valence electrons. The summed E-state index contributed by atoms with van der Waals surface area (Å²) in [6, 6.07) is -5.36. The fraction of sp³-hybridized carbons (Fsp3) is 0.911. The predicted octanol–water partition coefficient (Wildman–Crippen LogP) is -14.5. The van der Waals surface area contributed by atoms with Gasteiger partial charge in [0.25, 0.3) is 5.79 Å². The van der Waals surface area contributed by atoms with Crippen LogP contribution in [0.15, 0.2) is 0 Å². The lowest BCUT2D eigenvalue weighted by atomic mass is 9.88. The molecule has 82 heavy (non-hydrogen) atoms. The normalized spacial score (nSPS) is 46.3. The Bertz CT molecular complexity index is 2090. The van der Waals surface area contributed by atoms with Gasteiger partial charge in [0.1, 0.15) is 140 Å². The average molecular weight is 1200 g/mol. The Morgan fingerprint density at radius 2 is 0.902 bits per heavy atom. The van der Waals surface area contributed by atoms with Gasteiger partial charge in [0, 0.05) is 27.2 Å². The molecule has 0 saturated carbocycles. The topological polar surface area (TPSA) is 590 Å². The Balaban J connectivity index is 1.38. The maximum absolute atomic E-state index is 13.5. The Kier molecular flexibility index (Phi) is 23.9. The van der Waals surface area contributed by atoms with Gasteiger partial charge in [0.05, 0.1) is 51.8 Å². The van der Waals surface area contributed by atoms with E-state index >= 15 is 0 Å². The number of hydrogen-bond acceptors (Lipinski definition) is 33. The predicted molar refractivity (Wildman–Crippen MR) is 251 cm³/mol. The van der Waals surface area contributed by atoms with Crippen LogP contribution in [0.5, 0.6) is 0 Å². The number of aliphatic carboxylic acids is 1. The molecule has 0 unspecified atom stereocenters. The molecule has 22 N–H and O–H groups in total. The zero-order valence-corrected chi connectivity index (χ0v) is 43.9. The highest BCUT2D eigenvalue weighted by atomic mass is 16.8.